The number of ether oxygens (including phenoxy) is 1. The Labute approximate surface area is 155 Å². The Morgan fingerprint density at radius 2 is 1.21 bits per heavy atom. The van der Waals surface area contributed by atoms with Crippen LogP contribution >= 0.6 is 0 Å². The highest BCUT2D eigenvalue weighted by atomic mass is 16.5. The fraction of sp³-hybridized carbons (Fsp3) is 0.200. The van der Waals surface area contributed by atoms with Crippen LogP contribution in [0.5, 0.6) is 0 Å². The van der Waals surface area contributed by atoms with Crippen LogP contribution in [0.2, 0.25) is 0 Å². The minimum atomic E-state index is -1.62. The fourth-order valence-corrected chi connectivity index (χ4v) is 1.69. The van der Waals surface area contributed by atoms with Crippen molar-refractivity contribution in [3.05, 3.63) is 34.9 Å². The van der Waals surface area contributed by atoms with Gasteiger partial charge in [0.25, 0.3) is 0 Å². The maximum atomic E-state index is 10.7. The summed E-state index contributed by atoms with van der Waals surface area (Å²) in [7, 11) is 0. The van der Waals surface area contributed by atoms with E-state index in [1.807, 2.05) is 0 Å². The molecule has 1 rings (SSSR count). The topological polar surface area (TPSA) is 233 Å². The average Bonchev–Trinajstić information content (AvgIpc) is 2.57. The molecule has 0 aliphatic heterocycles. The van der Waals surface area contributed by atoms with Crippen molar-refractivity contribution in [1.82, 2.24) is 0 Å². The average molecular weight is 402 g/mol. The molecule has 152 valence electrons. The number of hydrogen-bond donors (Lipinski definition) is 6. The first kappa shape index (κ1) is 24.0. The van der Waals surface area contributed by atoms with Gasteiger partial charge in [0.1, 0.15) is 6.61 Å². The van der Waals surface area contributed by atoms with E-state index in [1.165, 1.54) is 6.07 Å². The number of aromatic carboxylic acids is 3. The van der Waals surface area contributed by atoms with Crippen molar-refractivity contribution >= 4 is 35.8 Å². The number of benzene rings is 1. The van der Waals surface area contributed by atoms with Gasteiger partial charge in [-0.2, -0.15) is 0 Å². The molecule has 0 bridgehead atoms. The zero-order valence-electron chi connectivity index (χ0n) is 13.8. The van der Waals surface area contributed by atoms with Crippen LogP contribution in [0.3, 0.4) is 0 Å². The zero-order chi connectivity index (χ0) is 22.0. The Morgan fingerprint density at radius 3 is 1.50 bits per heavy atom. The second kappa shape index (κ2) is 10.9. The number of hydrogen-bond acceptors (Lipinski definition) is 7. The third-order valence-corrected chi connectivity index (χ3v) is 2.78. The smallest absolute Gasteiger partial charge is 0.337 e. The lowest BCUT2D eigenvalue weighted by Crippen LogP contribution is -2.29. The molecule has 0 saturated carbocycles. The summed E-state index contributed by atoms with van der Waals surface area (Å²) in [6.45, 7) is -0.829. The van der Waals surface area contributed by atoms with E-state index >= 15 is 0 Å². The molecular weight excluding hydrogens is 388 g/mol. The van der Waals surface area contributed by atoms with Crippen LogP contribution in [0.4, 0.5) is 0 Å². The van der Waals surface area contributed by atoms with Gasteiger partial charge in [-0.05, 0) is 12.1 Å². The lowest BCUT2D eigenvalue weighted by molar-refractivity contribution is -0.161. The van der Waals surface area contributed by atoms with E-state index in [4.69, 9.17) is 30.6 Å². The van der Waals surface area contributed by atoms with Gasteiger partial charge in [-0.25, -0.2) is 24.0 Å². The van der Waals surface area contributed by atoms with Crippen molar-refractivity contribution in [3.8, 4) is 0 Å². The maximum absolute atomic E-state index is 10.7. The van der Waals surface area contributed by atoms with Crippen LogP contribution in [-0.2, 0) is 19.1 Å². The van der Waals surface area contributed by atoms with E-state index in [0.717, 1.165) is 12.1 Å². The Bertz CT molecular complexity index is 763. The van der Waals surface area contributed by atoms with Gasteiger partial charge in [0, 0.05) is 0 Å². The lowest BCUT2D eigenvalue weighted by atomic mass is 10.0. The zero-order valence-corrected chi connectivity index (χ0v) is 13.8. The molecule has 13 heteroatoms. The van der Waals surface area contributed by atoms with E-state index in [9.17, 15) is 28.8 Å². The van der Waals surface area contributed by atoms with E-state index < -0.39 is 71.6 Å². The number of rotatable bonds is 9. The van der Waals surface area contributed by atoms with Crippen LogP contribution in [0, 0.1) is 0 Å². The van der Waals surface area contributed by atoms with E-state index in [-0.39, 0.29) is 0 Å². The molecule has 1 aromatic carbocycles. The van der Waals surface area contributed by atoms with Gasteiger partial charge >= 0.3 is 35.8 Å². The largest absolute Gasteiger partial charge is 0.481 e. The maximum Gasteiger partial charge on any atom is 0.337 e. The summed E-state index contributed by atoms with van der Waals surface area (Å²) in [6, 6.07) is 3.26. The molecule has 0 fully saturated rings. The van der Waals surface area contributed by atoms with Gasteiger partial charge in [-0.1, -0.05) is 6.07 Å². The minimum Gasteiger partial charge on any atom is -0.481 e. The summed E-state index contributed by atoms with van der Waals surface area (Å²) in [5.74, 6) is -8.74. The van der Waals surface area contributed by atoms with E-state index in [1.54, 1.807) is 0 Å². The van der Waals surface area contributed by atoms with Gasteiger partial charge < -0.3 is 35.4 Å². The summed E-state index contributed by atoms with van der Waals surface area (Å²) in [4.78, 5) is 62.3. The molecule has 0 heterocycles. The lowest BCUT2D eigenvalue weighted by Gasteiger charge is -2.08. The SMILES string of the molecule is O=C(O)COC(CC(=O)O)C(=O)O.O=C(O)c1cccc(C(=O)O)c1C(=O)O. The monoisotopic (exact) mass is 402 g/mol. The molecule has 13 nitrogen and oxygen atoms in total. The van der Waals surface area contributed by atoms with Gasteiger partial charge in [-0.3, -0.25) is 4.79 Å². The Morgan fingerprint density at radius 1 is 0.750 bits per heavy atom. The van der Waals surface area contributed by atoms with Crippen LogP contribution < -0.4 is 0 Å². The molecule has 0 saturated heterocycles. The summed E-state index contributed by atoms with van der Waals surface area (Å²) in [6.07, 6.45) is -2.38. The molecule has 0 spiro atoms. The van der Waals surface area contributed by atoms with E-state index in [2.05, 4.69) is 4.74 Å². The first-order valence-electron chi connectivity index (χ1n) is 6.99. The molecule has 1 unspecified atom stereocenters. The van der Waals surface area contributed by atoms with Crippen LogP contribution in [0.25, 0.3) is 0 Å². The predicted octanol–water partition coefficient (Wildman–Crippen LogP) is -0.203. The predicted molar refractivity (Wildman–Crippen MR) is 84.6 cm³/mol. The van der Waals surface area contributed by atoms with Crippen molar-refractivity contribution in [1.29, 1.82) is 0 Å². The normalized spacial score (nSPS) is 10.7. The summed E-state index contributed by atoms with van der Waals surface area (Å²) in [5, 5.41) is 50.7. The molecule has 1 atom stereocenters. The first-order valence-corrected chi connectivity index (χ1v) is 6.99. The van der Waals surface area contributed by atoms with Gasteiger partial charge in [0.15, 0.2) is 6.10 Å². The third-order valence-electron chi connectivity index (χ3n) is 2.78. The summed E-state index contributed by atoms with van der Waals surface area (Å²) >= 11 is 0. The molecule has 0 aliphatic carbocycles. The summed E-state index contributed by atoms with van der Waals surface area (Å²) < 4.78 is 4.30. The molecular formula is C15H14O13. The quantitative estimate of drug-likeness (QED) is 0.314. The molecule has 0 aliphatic rings. The Hall–Kier alpha value is -4.00. The second-order valence-corrected chi connectivity index (χ2v) is 4.77. The van der Waals surface area contributed by atoms with Crippen LogP contribution in [0.15, 0.2) is 18.2 Å². The second-order valence-electron chi connectivity index (χ2n) is 4.77. The Kier molecular flexibility index (Phi) is 9.32. The summed E-state index contributed by atoms with van der Waals surface area (Å²) in [5.41, 5.74) is -1.79. The van der Waals surface area contributed by atoms with Crippen LogP contribution in [-0.4, -0.2) is 79.2 Å². The van der Waals surface area contributed by atoms with Crippen molar-refractivity contribution in [2.45, 2.75) is 12.5 Å². The van der Waals surface area contributed by atoms with Crippen LogP contribution in [0.1, 0.15) is 37.5 Å². The van der Waals surface area contributed by atoms with Crippen molar-refractivity contribution < 1.29 is 64.1 Å². The molecule has 0 radical (unpaired) electrons. The standard InChI is InChI=1S/C9H6O6.C6H8O7/c10-7(11)4-2-1-3-5(8(12)13)6(4)9(14)15;7-4(8)1-3(6(11)12)13-2-5(9)10/h1-3H,(H,10,11)(H,12,13)(H,14,15);3H,1-2H2,(H,7,8)(H,9,10)(H,11,12). The first-order chi connectivity index (χ1) is 12.9. The van der Waals surface area contributed by atoms with Gasteiger partial charge in [-0.15, -0.1) is 0 Å². The third kappa shape index (κ3) is 7.92. The number of carboxylic acids is 6. The molecule has 6 N–H and O–H groups in total. The number of carboxylic acid groups (broad SMARTS) is 6. The molecule has 0 aromatic heterocycles. The number of aliphatic carboxylic acids is 3. The Balaban J connectivity index is 0.000000528. The highest BCUT2D eigenvalue weighted by Crippen LogP contribution is 2.15. The molecule has 1 aromatic rings. The van der Waals surface area contributed by atoms with Crippen molar-refractivity contribution in [2.75, 3.05) is 6.61 Å². The van der Waals surface area contributed by atoms with Gasteiger partial charge in [0.2, 0.25) is 0 Å². The molecule has 0 amide bonds. The van der Waals surface area contributed by atoms with Crippen molar-refractivity contribution in [2.24, 2.45) is 0 Å². The minimum absolute atomic E-state index is 0.539. The fourth-order valence-electron chi connectivity index (χ4n) is 1.69. The highest BCUT2D eigenvalue weighted by Gasteiger charge is 2.23. The van der Waals surface area contributed by atoms with Crippen molar-refractivity contribution in [3.63, 3.8) is 0 Å². The number of carbonyl (C=O) groups is 6. The highest BCUT2D eigenvalue weighted by molar-refractivity contribution is 6.09. The molecule has 28 heavy (non-hydrogen) atoms. The van der Waals surface area contributed by atoms with E-state index in [0.29, 0.717) is 0 Å². The van der Waals surface area contributed by atoms with Gasteiger partial charge in [0.05, 0.1) is 23.1 Å².